The lowest BCUT2D eigenvalue weighted by Crippen LogP contribution is -2.27. The molecule has 1 heterocycles. The van der Waals surface area contributed by atoms with Crippen molar-refractivity contribution in [1.82, 2.24) is 20.3 Å². The second-order valence-electron chi connectivity index (χ2n) is 5.43. The molecule has 5 heteroatoms. The third kappa shape index (κ3) is 2.98. The average molecular weight is 294 g/mol. The van der Waals surface area contributed by atoms with Crippen molar-refractivity contribution in [2.45, 2.75) is 26.9 Å². The van der Waals surface area contributed by atoms with Gasteiger partial charge in [-0.3, -0.25) is 4.79 Å². The maximum atomic E-state index is 12.1. The monoisotopic (exact) mass is 294 g/mol. The maximum absolute atomic E-state index is 12.1. The topological polar surface area (TPSA) is 59.8 Å². The molecule has 0 spiro atoms. The van der Waals surface area contributed by atoms with E-state index in [-0.39, 0.29) is 12.5 Å². The summed E-state index contributed by atoms with van der Waals surface area (Å²) in [7, 11) is 0. The summed E-state index contributed by atoms with van der Waals surface area (Å²) in [6.07, 6.45) is 0. The SMILES string of the molecule is Cc1cc2nnn(CC(=O)NCc3ccccc3)c2cc1C. The molecule has 0 unspecified atom stereocenters. The third-order valence-corrected chi connectivity index (χ3v) is 3.76. The molecule has 3 aromatic rings. The first-order valence-corrected chi connectivity index (χ1v) is 7.24. The van der Waals surface area contributed by atoms with Crippen LogP contribution in [0.4, 0.5) is 0 Å². The number of benzene rings is 2. The molecule has 1 aromatic heterocycles. The Bertz CT molecular complexity index is 808. The van der Waals surface area contributed by atoms with Gasteiger partial charge in [-0.15, -0.1) is 5.10 Å². The van der Waals surface area contributed by atoms with Crippen molar-refractivity contribution in [3.63, 3.8) is 0 Å². The van der Waals surface area contributed by atoms with Gasteiger partial charge in [-0.05, 0) is 42.7 Å². The minimum atomic E-state index is -0.0751. The Kier molecular flexibility index (Phi) is 3.87. The molecule has 3 rings (SSSR count). The van der Waals surface area contributed by atoms with E-state index in [2.05, 4.69) is 15.6 Å². The lowest BCUT2D eigenvalue weighted by molar-refractivity contribution is -0.121. The van der Waals surface area contributed by atoms with Crippen LogP contribution in [-0.4, -0.2) is 20.9 Å². The van der Waals surface area contributed by atoms with Crippen molar-refractivity contribution in [1.29, 1.82) is 0 Å². The van der Waals surface area contributed by atoms with Crippen LogP contribution in [0.3, 0.4) is 0 Å². The Hall–Kier alpha value is -2.69. The van der Waals surface area contributed by atoms with E-state index in [4.69, 9.17) is 0 Å². The van der Waals surface area contributed by atoms with Crippen LogP contribution in [-0.2, 0) is 17.9 Å². The van der Waals surface area contributed by atoms with E-state index in [0.29, 0.717) is 6.54 Å². The molecule has 1 amide bonds. The van der Waals surface area contributed by atoms with Crippen LogP contribution < -0.4 is 5.32 Å². The van der Waals surface area contributed by atoms with Crippen molar-refractivity contribution < 1.29 is 4.79 Å². The molecule has 0 aliphatic rings. The number of rotatable bonds is 4. The molecular weight excluding hydrogens is 276 g/mol. The molecule has 1 N–H and O–H groups in total. The Morgan fingerprint density at radius 1 is 1.14 bits per heavy atom. The molecule has 0 radical (unpaired) electrons. The summed E-state index contributed by atoms with van der Waals surface area (Å²) in [4.78, 5) is 12.1. The number of aromatic nitrogens is 3. The van der Waals surface area contributed by atoms with E-state index in [0.717, 1.165) is 16.6 Å². The van der Waals surface area contributed by atoms with E-state index < -0.39 is 0 Å². The first kappa shape index (κ1) is 14.3. The van der Waals surface area contributed by atoms with E-state index in [9.17, 15) is 4.79 Å². The number of nitrogens with one attached hydrogen (secondary N) is 1. The first-order chi connectivity index (χ1) is 10.6. The highest BCUT2D eigenvalue weighted by molar-refractivity contribution is 5.80. The zero-order chi connectivity index (χ0) is 15.5. The standard InChI is InChI=1S/C17H18N4O/c1-12-8-15-16(9-13(12)2)21(20-19-15)11-17(22)18-10-14-6-4-3-5-7-14/h3-9H,10-11H2,1-2H3,(H,18,22). The van der Waals surface area contributed by atoms with Gasteiger partial charge in [-0.2, -0.15) is 0 Å². The van der Waals surface area contributed by atoms with Crippen LogP contribution in [0.25, 0.3) is 11.0 Å². The highest BCUT2D eigenvalue weighted by Crippen LogP contribution is 2.16. The molecular formula is C17H18N4O. The van der Waals surface area contributed by atoms with Gasteiger partial charge in [0.1, 0.15) is 12.1 Å². The van der Waals surface area contributed by atoms with E-state index >= 15 is 0 Å². The molecule has 0 aliphatic carbocycles. The highest BCUT2D eigenvalue weighted by atomic mass is 16.2. The zero-order valence-corrected chi connectivity index (χ0v) is 12.7. The van der Waals surface area contributed by atoms with E-state index in [1.165, 1.54) is 11.1 Å². The van der Waals surface area contributed by atoms with Gasteiger partial charge < -0.3 is 5.32 Å². The minimum Gasteiger partial charge on any atom is -0.350 e. The van der Waals surface area contributed by atoms with E-state index in [1.54, 1.807) is 4.68 Å². The molecule has 2 aromatic carbocycles. The van der Waals surface area contributed by atoms with Crippen molar-refractivity contribution in [3.05, 3.63) is 59.2 Å². The summed E-state index contributed by atoms with van der Waals surface area (Å²) in [6, 6.07) is 13.9. The van der Waals surface area contributed by atoms with Gasteiger partial charge in [0.2, 0.25) is 5.91 Å². The van der Waals surface area contributed by atoms with Crippen LogP contribution in [0, 0.1) is 13.8 Å². The number of aryl methyl sites for hydroxylation is 2. The Labute approximate surface area is 129 Å². The Morgan fingerprint density at radius 3 is 2.64 bits per heavy atom. The molecule has 0 fully saturated rings. The normalized spacial score (nSPS) is 10.8. The molecule has 0 saturated carbocycles. The van der Waals surface area contributed by atoms with Gasteiger partial charge in [0, 0.05) is 6.54 Å². The van der Waals surface area contributed by atoms with Crippen LogP contribution in [0.1, 0.15) is 16.7 Å². The van der Waals surface area contributed by atoms with Crippen LogP contribution in [0.15, 0.2) is 42.5 Å². The lowest BCUT2D eigenvalue weighted by Gasteiger charge is -2.06. The lowest BCUT2D eigenvalue weighted by atomic mass is 10.1. The van der Waals surface area contributed by atoms with Crippen molar-refractivity contribution in [3.8, 4) is 0 Å². The van der Waals surface area contributed by atoms with E-state index in [1.807, 2.05) is 56.3 Å². The van der Waals surface area contributed by atoms with Gasteiger partial charge in [0.05, 0.1) is 5.52 Å². The molecule has 0 bridgehead atoms. The molecule has 112 valence electrons. The predicted octanol–water partition coefficient (Wildman–Crippen LogP) is 2.36. The largest absolute Gasteiger partial charge is 0.350 e. The Morgan fingerprint density at radius 2 is 1.86 bits per heavy atom. The first-order valence-electron chi connectivity index (χ1n) is 7.24. The fourth-order valence-corrected chi connectivity index (χ4v) is 2.33. The van der Waals surface area contributed by atoms with Gasteiger partial charge in [0.15, 0.2) is 0 Å². The molecule has 0 atom stereocenters. The number of hydrogen-bond acceptors (Lipinski definition) is 3. The predicted molar refractivity (Wildman–Crippen MR) is 85.3 cm³/mol. The fraction of sp³-hybridized carbons (Fsp3) is 0.235. The molecule has 0 aliphatic heterocycles. The summed E-state index contributed by atoms with van der Waals surface area (Å²) in [5, 5.41) is 11.1. The summed E-state index contributed by atoms with van der Waals surface area (Å²) >= 11 is 0. The molecule has 5 nitrogen and oxygen atoms in total. The number of hydrogen-bond donors (Lipinski definition) is 1. The number of carbonyl (C=O) groups is 1. The van der Waals surface area contributed by atoms with Crippen molar-refractivity contribution in [2.24, 2.45) is 0 Å². The van der Waals surface area contributed by atoms with Gasteiger partial charge in [-0.1, -0.05) is 35.5 Å². The Balaban J connectivity index is 1.70. The average Bonchev–Trinajstić information content (AvgIpc) is 2.89. The van der Waals surface area contributed by atoms with Gasteiger partial charge in [-0.25, -0.2) is 4.68 Å². The number of amides is 1. The van der Waals surface area contributed by atoms with Crippen LogP contribution in [0.2, 0.25) is 0 Å². The smallest absolute Gasteiger partial charge is 0.242 e. The summed E-state index contributed by atoms with van der Waals surface area (Å²) in [5.41, 5.74) is 5.12. The second kappa shape index (κ2) is 5.97. The summed E-state index contributed by atoms with van der Waals surface area (Å²) in [6.45, 7) is 4.78. The third-order valence-electron chi connectivity index (χ3n) is 3.76. The number of nitrogens with zero attached hydrogens (tertiary/aromatic N) is 3. The quantitative estimate of drug-likeness (QED) is 0.803. The minimum absolute atomic E-state index is 0.0751. The second-order valence-corrected chi connectivity index (χ2v) is 5.43. The number of carbonyl (C=O) groups excluding carboxylic acids is 1. The molecule has 22 heavy (non-hydrogen) atoms. The van der Waals surface area contributed by atoms with Gasteiger partial charge >= 0.3 is 0 Å². The van der Waals surface area contributed by atoms with Crippen LogP contribution in [0.5, 0.6) is 0 Å². The van der Waals surface area contributed by atoms with Crippen molar-refractivity contribution >= 4 is 16.9 Å². The van der Waals surface area contributed by atoms with Gasteiger partial charge in [0.25, 0.3) is 0 Å². The summed E-state index contributed by atoms with van der Waals surface area (Å²) in [5.74, 6) is -0.0751. The summed E-state index contributed by atoms with van der Waals surface area (Å²) < 4.78 is 1.64. The maximum Gasteiger partial charge on any atom is 0.242 e. The number of fused-ring (bicyclic) bond motifs is 1. The van der Waals surface area contributed by atoms with Crippen molar-refractivity contribution in [2.75, 3.05) is 0 Å². The fourth-order valence-electron chi connectivity index (χ4n) is 2.33. The highest BCUT2D eigenvalue weighted by Gasteiger charge is 2.10. The zero-order valence-electron chi connectivity index (χ0n) is 12.7. The molecule has 0 saturated heterocycles. The van der Waals surface area contributed by atoms with Crippen LogP contribution >= 0.6 is 0 Å².